The van der Waals surface area contributed by atoms with E-state index in [9.17, 15) is 4.79 Å². The Kier molecular flexibility index (Phi) is 6.69. The SMILES string of the molecule is CCCCCCn1c(C(C)NC(=O)c2ccccc2OC)nc2ccccc21. The van der Waals surface area contributed by atoms with Crippen LogP contribution in [-0.4, -0.2) is 22.6 Å². The fourth-order valence-corrected chi connectivity index (χ4v) is 3.53. The lowest BCUT2D eigenvalue weighted by Crippen LogP contribution is -2.29. The number of aromatic nitrogens is 2. The Morgan fingerprint density at radius 2 is 1.86 bits per heavy atom. The molecule has 1 amide bonds. The monoisotopic (exact) mass is 379 g/mol. The summed E-state index contributed by atoms with van der Waals surface area (Å²) in [6, 6.07) is 15.2. The van der Waals surface area contributed by atoms with Crippen molar-refractivity contribution < 1.29 is 9.53 Å². The van der Waals surface area contributed by atoms with E-state index in [0.717, 1.165) is 29.8 Å². The minimum Gasteiger partial charge on any atom is -0.496 e. The van der Waals surface area contributed by atoms with Crippen LogP contribution in [0.1, 0.15) is 61.8 Å². The number of ether oxygens (including phenoxy) is 1. The van der Waals surface area contributed by atoms with E-state index in [1.54, 1.807) is 19.2 Å². The van der Waals surface area contributed by atoms with Crippen molar-refractivity contribution in [3.05, 3.63) is 59.9 Å². The van der Waals surface area contributed by atoms with Crippen LogP contribution in [0.4, 0.5) is 0 Å². The Morgan fingerprint density at radius 1 is 1.11 bits per heavy atom. The molecule has 28 heavy (non-hydrogen) atoms. The van der Waals surface area contributed by atoms with E-state index in [1.165, 1.54) is 19.3 Å². The number of nitrogens with one attached hydrogen (secondary N) is 1. The van der Waals surface area contributed by atoms with Gasteiger partial charge in [-0.3, -0.25) is 4.79 Å². The molecule has 148 valence electrons. The molecule has 1 aromatic heterocycles. The average Bonchev–Trinajstić information content (AvgIpc) is 3.10. The van der Waals surface area contributed by atoms with Crippen LogP contribution < -0.4 is 10.1 Å². The number of unbranched alkanes of at least 4 members (excludes halogenated alkanes) is 3. The number of carbonyl (C=O) groups excluding carboxylic acids is 1. The summed E-state index contributed by atoms with van der Waals surface area (Å²) in [7, 11) is 1.57. The van der Waals surface area contributed by atoms with Gasteiger partial charge in [0.2, 0.25) is 0 Å². The maximum Gasteiger partial charge on any atom is 0.255 e. The fourth-order valence-electron chi connectivity index (χ4n) is 3.53. The Labute approximate surface area is 166 Å². The number of methoxy groups -OCH3 is 1. The lowest BCUT2D eigenvalue weighted by molar-refractivity contribution is 0.0934. The highest BCUT2D eigenvalue weighted by Gasteiger charge is 2.20. The van der Waals surface area contributed by atoms with Gasteiger partial charge in [-0.25, -0.2) is 4.98 Å². The molecule has 5 nitrogen and oxygen atoms in total. The van der Waals surface area contributed by atoms with Gasteiger partial charge in [0.1, 0.15) is 11.6 Å². The molecule has 0 bridgehead atoms. The van der Waals surface area contributed by atoms with Crippen LogP contribution in [0, 0.1) is 0 Å². The lowest BCUT2D eigenvalue weighted by Gasteiger charge is -2.17. The van der Waals surface area contributed by atoms with Gasteiger partial charge in [-0.1, -0.05) is 50.5 Å². The Morgan fingerprint density at radius 3 is 2.64 bits per heavy atom. The molecule has 1 unspecified atom stereocenters. The maximum atomic E-state index is 12.8. The molecule has 5 heteroatoms. The van der Waals surface area contributed by atoms with Crippen molar-refractivity contribution in [2.75, 3.05) is 7.11 Å². The second kappa shape index (κ2) is 9.40. The maximum absolute atomic E-state index is 12.8. The zero-order valence-corrected chi connectivity index (χ0v) is 16.9. The van der Waals surface area contributed by atoms with Gasteiger partial charge in [-0.15, -0.1) is 0 Å². The summed E-state index contributed by atoms with van der Waals surface area (Å²) < 4.78 is 7.57. The van der Waals surface area contributed by atoms with Crippen LogP contribution in [0.25, 0.3) is 11.0 Å². The average molecular weight is 380 g/mol. The molecule has 1 N–H and O–H groups in total. The molecule has 0 saturated carbocycles. The fraction of sp³-hybridized carbons (Fsp3) is 0.391. The summed E-state index contributed by atoms with van der Waals surface area (Å²) in [5.41, 5.74) is 2.61. The van der Waals surface area contributed by atoms with E-state index in [4.69, 9.17) is 9.72 Å². The number of hydrogen-bond donors (Lipinski definition) is 1. The standard InChI is InChI=1S/C23H29N3O2/c1-4-5-6-11-16-26-20-14-9-8-13-19(20)25-22(26)17(2)24-23(27)18-12-7-10-15-21(18)28-3/h7-10,12-15,17H,4-6,11,16H2,1-3H3,(H,24,27). The van der Waals surface area contributed by atoms with E-state index in [0.29, 0.717) is 11.3 Å². The number of aryl methyl sites for hydroxylation is 1. The van der Waals surface area contributed by atoms with Gasteiger partial charge in [0.05, 0.1) is 29.7 Å². The molecule has 0 radical (unpaired) electrons. The van der Waals surface area contributed by atoms with Gasteiger partial charge in [-0.05, 0) is 37.6 Å². The molecular weight excluding hydrogens is 350 g/mol. The van der Waals surface area contributed by atoms with Gasteiger partial charge in [0.25, 0.3) is 5.91 Å². The van der Waals surface area contributed by atoms with Crippen molar-refractivity contribution in [1.29, 1.82) is 0 Å². The van der Waals surface area contributed by atoms with Crippen molar-refractivity contribution in [2.24, 2.45) is 0 Å². The van der Waals surface area contributed by atoms with Crippen molar-refractivity contribution in [2.45, 2.75) is 52.1 Å². The smallest absolute Gasteiger partial charge is 0.255 e. The second-order valence-corrected chi connectivity index (χ2v) is 7.07. The number of benzene rings is 2. The van der Waals surface area contributed by atoms with Gasteiger partial charge >= 0.3 is 0 Å². The Bertz CT molecular complexity index is 932. The van der Waals surface area contributed by atoms with E-state index >= 15 is 0 Å². The van der Waals surface area contributed by atoms with E-state index in [-0.39, 0.29) is 11.9 Å². The number of rotatable bonds is 9. The van der Waals surface area contributed by atoms with E-state index < -0.39 is 0 Å². The van der Waals surface area contributed by atoms with Crippen LogP contribution >= 0.6 is 0 Å². The summed E-state index contributed by atoms with van der Waals surface area (Å²) in [6.07, 6.45) is 4.75. The number of amides is 1. The second-order valence-electron chi connectivity index (χ2n) is 7.07. The predicted octanol–water partition coefficient (Wildman–Crippen LogP) is 5.12. The predicted molar refractivity (Wildman–Crippen MR) is 113 cm³/mol. The number of imidazole rings is 1. The first kappa shape index (κ1) is 19.9. The third-order valence-corrected chi connectivity index (χ3v) is 5.01. The van der Waals surface area contributed by atoms with Gasteiger partial charge in [-0.2, -0.15) is 0 Å². The molecule has 3 aromatic rings. The first-order valence-electron chi connectivity index (χ1n) is 10.0. The summed E-state index contributed by atoms with van der Waals surface area (Å²) in [5, 5.41) is 3.09. The lowest BCUT2D eigenvalue weighted by atomic mass is 10.1. The van der Waals surface area contributed by atoms with Crippen molar-refractivity contribution >= 4 is 16.9 Å². The molecule has 0 aliphatic rings. The third-order valence-electron chi connectivity index (χ3n) is 5.01. The van der Waals surface area contributed by atoms with Crippen LogP contribution in [-0.2, 0) is 6.54 Å². The molecule has 2 aromatic carbocycles. The first-order valence-corrected chi connectivity index (χ1v) is 10.0. The van der Waals surface area contributed by atoms with E-state index in [2.05, 4.69) is 22.9 Å². The largest absolute Gasteiger partial charge is 0.496 e. The molecule has 0 saturated heterocycles. The molecule has 0 aliphatic carbocycles. The third kappa shape index (κ3) is 4.35. The molecule has 1 heterocycles. The highest BCUT2D eigenvalue weighted by molar-refractivity contribution is 5.97. The number of hydrogen-bond acceptors (Lipinski definition) is 3. The quantitative estimate of drug-likeness (QED) is 0.525. The molecule has 1 atom stereocenters. The number of fused-ring (bicyclic) bond motifs is 1. The van der Waals surface area contributed by atoms with E-state index in [1.807, 2.05) is 37.3 Å². The Balaban J connectivity index is 1.84. The molecule has 0 aliphatic heterocycles. The van der Waals surface area contributed by atoms with Crippen molar-refractivity contribution in [1.82, 2.24) is 14.9 Å². The van der Waals surface area contributed by atoms with Crippen LogP contribution in [0.5, 0.6) is 5.75 Å². The highest BCUT2D eigenvalue weighted by Crippen LogP contribution is 2.23. The minimum atomic E-state index is -0.212. The zero-order chi connectivity index (χ0) is 19.9. The van der Waals surface area contributed by atoms with Gasteiger partial charge in [0, 0.05) is 6.54 Å². The van der Waals surface area contributed by atoms with Gasteiger partial charge < -0.3 is 14.6 Å². The number of nitrogens with zero attached hydrogens (tertiary/aromatic N) is 2. The molecule has 3 rings (SSSR count). The summed E-state index contributed by atoms with van der Waals surface area (Å²) in [4.78, 5) is 17.6. The highest BCUT2D eigenvalue weighted by atomic mass is 16.5. The van der Waals surface area contributed by atoms with Crippen LogP contribution in [0.3, 0.4) is 0 Å². The molecule has 0 fully saturated rings. The Hall–Kier alpha value is -2.82. The summed E-state index contributed by atoms with van der Waals surface area (Å²) in [6.45, 7) is 5.11. The summed E-state index contributed by atoms with van der Waals surface area (Å²) >= 11 is 0. The normalized spacial score (nSPS) is 12.1. The van der Waals surface area contributed by atoms with Crippen LogP contribution in [0.15, 0.2) is 48.5 Å². The van der Waals surface area contributed by atoms with Crippen molar-refractivity contribution in [3.8, 4) is 5.75 Å². The minimum absolute atomic E-state index is 0.158. The molecular formula is C23H29N3O2. The van der Waals surface area contributed by atoms with Gasteiger partial charge in [0.15, 0.2) is 0 Å². The zero-order valence-electron chi connectivity index (χ0n) is 16.9. The van der Waals surface area contributed by atoms with Crippen molar-refractivity contribution in [3.63, 3.8) is 0 Å². The number of para-hydroxylation sites is 3. The number of carbonyl (C=O) groups is 1. The molecule has 0 spiro atoms. The topological polar surface area (TPSA) is 56.2 Å². The summed E-state index contributed by atoms with van der Waals surface area (Å²) in [5.74, 6) is 1.30. The first-order chi connectivity index (χ1) is 13.7. The van der Waals surface area contributed by atoms with Crippen LogP contribution in [0.2, 0.25) is 0 Å².